The molecule has 1 nitrogen and oxygen atoms in total. The second kappa shape index (κ2) is 12.8. The predicted octanol–water partition coefficient (Wildman–Crippen LogP) is 9.83. The highest BCUT2D eigenvalue weighted by atomic mass is 19.2. The van der Waals surface area contributed by atoms with Gasteiger partial charge in [-0.1, -0.05) is 24.3 Å². The fourth-order valence-corrected chi connectivity index (χ4v) is 6.89. The lowest BCUT2D eigenvalue weighted by Gasteiger charge is -2.32. The maximum Gasteiger partial charge on any atom is 0.162 e. The SMILES string of the molecule is C/C=C/C1CCC(c2ccc(C3CCC(CCC4CCC(OCC)C(F)=C4F)CC3)c(F)c2F)CC1. The Morgan fingerprint density at radius 2 is 1.33 bits per heavy atom. The second-order valence-corrected chi connectivity index (χ2v) is 11.2. The van der Waals surface area contributed by atoms with Crippen molar-refractivity contribution < 1.29 is 22.3 Å². The van der Waals surface area contributed by atoms with Crippen LogP contribution in [0.25, 0.3) is 0 Å². The molecule has 2 unspecified atom stereocenters. The normalized spacial score (nSPS) is 31.8. The molecule has 0 aromatic heterocycles. The molecule has 0 N–H and O–H groups in total. The van der Waals surface area contributed by atoms with Crippen LogP contribution in [0.1, 0.15) is 114 Å². The van der Waals surface area contributed by atoms with Crippen LogP contribution in [-0.2, 0) is 4.74 Å². The van der Waals surface area contributed by atoms with Crippen LogP contribution >= 0.6 is 0 Å². The molecule has 0 saturated heterocycles. The number of rotatable bonds is 8. The van der Waals surface area contributed by atoms with Crippen LogP contribution < -0.4 is 0 Å². The Morgan fingerprint density at radius 3 is 1.89 bits per heavy atom. The van der Waals surface area contributed by atoms with Crippen molar-refractivity contribution in [1.82, 2.24) is 0 Å². The molecule has 2 atom stereocenters. The highest BCUT2D eigenvalue weighted by Gasteiger charge is 2.33. The van der Waals surface area contributed by atoms with Gasteiger partial charge in [-0.2, -0.15) is 0 Å². The lowest BCUT2D eigenvalue weighted by Crippen LogP contribution is -2.24. The minimum atomic E-state index is -0.725. The molecule has 5 heteroatoms. The van der Waals surface area contributed by atoms with Crippen molar-refractivity contribution in [2.24, 2.45) is 17.8 Å². The summed E-state index contributed by atoms with van der Waals surface area (Å²) in [4.78, 5) is 0. The van der Waals surface area contributed by atoms with Gasteiger partial charge in [0, 0.05) is 12.5 Å². The van der Waals surface area contributed by atoms with Gasteiger partial charge in [0.1, 0.15) is 11.9 Å². The Labute approximate surface area is 214 Å². The van der Waals surface area contributed by atoms with E-state index in [1.165, 1.54) is 0 Å². The molecule has 2 saturated carbocycles. The summed E-state index contributed by atoms with van der Waals surface area (Å²) in [6.45, 7) is 4.20. The van der Waals surface area contributed by atoms with Gasteiger partial charge in [-0.05, 0) is 126 Å². The number of hydrogen-bond donors (Lipinski definition) is 0. The van der Waals surface area contributed by atoms with E-state index < -0.39 is 29.4 Å². The zero-order valence-corrected chi connectivity index (χ0v) is 21.9. The molecule has 4 rings (SSSR count). The molecule has 0 amide bonds. The zero-order valence-electron chi connectivity index (χ0n) is 21.9. The first kappa shape index (κ1) is 27.4. The summed E-state index contributed by atoms with van der Waals surface area (Å²) in [7, 11) is 0. The van der Waals surface area contributed by atoms with Gasteiger partial charge >= 0.3 is 0 Å². The third kappa shape index (κ3) is 6.26. The van der Waals surface area contributed by atoms with Crippen molar-refractivity contribution in [3.05, 3.63) is 58.7 Å². The van der Waals surface area contributed by atoms with Gasteiger partial charge in [0.2, 0.25) is 0 Å². The summed E-state index contributed by atoms with van der Waals surface area (Å²) in [5.74, 6) is -1.86. The van der Waals surface area contributed by atoms with Gasteiger partial charge < -0.3 is 4.74 Å². The Kier molecular flexibility index (Phi) is 9.71. The van der Waals surface area contributed by atoms with E-state index >= 15 is 8.78 Å². The average Bonchev–Trinajstić information content (AvgIpc) is 2.89. The average molecular weight is 507 g/mol. The molecule has 0 aliphatic heterocycles. The molecule has 1 aromatic rings. The van der Waals surface area contributed by atoms with E-state index in [9.17, 15) is 8.78 Å². The first-order chi connectivity index (χ1) is 17.4. The third-order valence-corrected chi connectivity index (χ3v) is 9.04. The predicted molar refractivity (Wildman–Crippen MR) is 137 cm³/mol. The van der Waals surface area contributed by atoms with Crippen molar-refractivity contribution >= 4 is 0 Å². The van der Waals surface area contributed by atoms with Crippen molar-refractivity contribution in [3.63, 3.8) is 0 Å². The lowest BCUT2D eigenvalue weighted by atomic mass is 9.74. The summed E-state index contributed by atoms with van der Waals surface area (Å²) in [6, 6.07) is 3.67. The van der Waals surface area contributed by atoms with Gasteiger partial charge in [-0.3, -0.25) is 0 Å². The summed E-state index contributed by atoms with van der Waals surface area (Å²) in [6.07, 6.45) is 13.6. The van der Waals surface area contributed by atoms with E-state index in [1.54, 1.807) is 6.92 Å². The summed E-state index contributed by atoms with van der Waals surface area (Å²) >= 11 is 0. The van der Waals surface area contributed by atoms with Crippen LogP contribution in [0.3, 0.4) is 0 Å². The van der Waals surface area contributed by atoms with Crippen LogP contribution in [0.15, 0.2) is 35.9 Å². The van der Waals surface area contributed by atoms with Crippen LogP contribution in [-0.4, -0.2) is 12.7 Å². The van der Waals surface area contributed by atoms with Crippen LogP contribution in [0, 0.1) is 29.4 Å². The number of ether oxygens (including phenoxy) is 1. The number of hydrogen-bond acceptors (Lipinski definition) is 1. The topological polar surface area (TPSA) is 9.23 Å². The van der Waals surface area contributed by atoms with E-state index in [1.807, 2.05) is 19.1 Å². The molecule has 36 heavy (non-hydrogen) atoms. The van der Waals surface area contributed by atoms with Gasteiger partial charge in [-0.15, -0.1) is 0 Å². The van der Waals surface area contributed by atoms with E-state index in [0.29, 0.717) is 48.8 Å². The van der Waals surface area contributed by atoms with E-state index in [0.717, 1.165) is 57.8 Å². The number of benzene rings is 1. The standard InChI is InChI=1S/C31H42F4O/c1-3-5-20-6-11-22(12-7-20)25-17-18-26(30(34)29(25)33)23-13-8-21(9-14-23)10-15-24-16-19-27(36-4-2)31(35)28(24)32/h3,5,17-18,20-24,27H,4,6-16,19H2,1-2H3/b5-3+. The first-order valence-corrected chi connectivity index (χ1v) is 14.2. The molecule has 200 valence electrons. The van der Waals surface area contributed by atoms with Crippen molar-refractivity contribution in [2.75, 3.05) is 6.61 Å². The highest BCUT2D eigenvalue weighted by Crippen LogP contribution is 2.43. The fourth-order valence-electron chi connectivity index (χ4n) is 6.89. The lowest BCUT2D eigenvalue weighted by molar-refractivity contribution is 0.0475. The molecule has 3 aliphatic rings. The second-order valence-electron chi connectivity index (χ2n) is 11.2. The maximum atomic E-state index is 15.2. The molecule has 1 aromatic carbocycles. The highest BCUT2D eigenvalue weighted by molar-refractivity contribution is 5.32. The van der Waals surface area contributed by atoms with Crippen LogP contribution in [0.4, 0.5) is 17.6 Å². The fraction of sp³-hybridized carbons (Fsp3) is 0.677. The molecular weight excluding hydrogens is 464 g/mol. The smallest absolute Gasteiger partial charge is 0.162 e. The zero-order chi connectivity index (χ0) is 25.7. The monoisotopic (exact) mass is 506 g/mol. The van der Waals surface area contributed by atoms with Crippen molar-refractivity contribution in [3.8, 4) is 0 Å². The Morgan fingerprint density at radius 1 is 0.750 bits per heavy atom. The van der Waals surface area contributed by atoms with Gasteiger partial charge in [-0.25, -0.2) is 17.6 Å². The molecule has 0 spiro atoms. The minimum absolute atomic E-state index is 0.0333. The summed E-state index contributed by atoms with van der Waals surface area (Å²) in [5, 5.41) is 0. The maximum absolute atomic E-state index is 15.2. The molecule has 2 fully saturated rings. The largest absolute Gasteiger partial charge is 0.371 e. The molecule has 3 aliphatic carbocycles. The Balaban J connectivity index is 1.29. The van der Waals surface area contributed by atoms with E-state index in [4.69, 9.17) is 4.74 Å². The van der Waals surface area contributed by atoms with Gasteiger partial charge in [0.15, 0.2) is 17.5 Å². The number of allylic oxidation sites excluding steroid dienone is 3. The first-order valence-electron chi connectivity index (χ1n) is 14.2. The molecular formula is C31H42F4O. The van der Waals surface area contributed by atoms with Gasteiger partial charge in [0.05, 0.1) is 0 Å². The van der Waals surface area contributed by atoms with Crippen LogP contribution in [0.5, 0.6) is 0 Å². The number of halogens is 4. The molecule has 0 heterocycles. The van der Waals surface area contributed by atoms with Crippen molar-refractivity contribution in [1.29, 1.82) is 0 Å². The Bertz CT molecular complexity index is 923. The van der Waals surface area contributed by atoms with Gasteiger partial charge in [0.25, 0.3) is 0 Å². The summed E-state index contributed by atoms with van der Waals surface area (Å²) < 4.78 is 64.4. The molecule has 0 bridgehead atoms. The van der Waals surface area contributed by atoms with Crippen molar-refractivity contribution in [2.45, 2.75) is 109 Å². The van der Waals surface area contributed by atoms with E-state index in [2.05, 4.69) is 12.2 Å². The van der Waals surface area contributed by atoms with E-state index in [-0.39, 0.29) is 17.8 Å². The van der Waals surface area contributed by atoms with Crippen LogP contribution in [0.2, 0.25) is 0 Å². The minimum Gasteiger partial charge on any atom is -0.371 e. The Hall–Kier alpha value is -1.62. The molecule has 0 radical (unpaired) electrons. The third-order valence-electron chi connectivity index (χ3n) is 9.04. The quantitative estimate of drug-likeness (QED) is 0.252. The summed E-state index contributed by atoms with van der Waals surface area (Å²) in [5.41, 5.74) is 1.06.